The molecule has 2 heterocycles. The average Bonchev–Trinajstić information content (AvgIpc) is 3.19. The van der Waals surface area contributed by atoms with Crippen molar-refractivity contribution < 1.29 is 14.7 Å². The lowest BCUT2D eigenvalue weighted by atomic mass is 9.89. The first-order chi connectivity index (χ1) is 11.5. The predicted molar refractivity (Wildman–Crippen MR) is 92.7 cm³/mol. The van der Waals surface area contributed by atoms with Gasteiger partial charge in [-0.2, -0.15) is 0 Å². The van der Waals surface area contributed by atoms with Crippen molar-refractivity contribution in [1.29, 1.82) is 0 Å². The van der Waals surface area contributed by atoms with Crippen LogP contribution in [0.2, 0.25) is 0 Å². The Hall–Kier alpha value is -1.82. The van der Waals surface area contributed by atoms with Crippen LogP contribution in [0.1, 0.15) is 52.5 Å². The summed E-state index contributed by atoms with van der Waals surface area (Å²) < 4.78 is 2.06. The molecule has 1 aromatic rings. The highest BCUT2D eigenvalue weighted by Gasteiger charge is 2.42. The Morgan fingerprint density at radius 2 is 1.92 bits per heavy atom. The Kier molecular flexibility index (Phi) is 6.43. The van der Waals surface area contributed by atoms with Gasteiger partial charge < -0.3 is 15.0 Å². The van der Waals surface area contributed by atoms with Crippen molar-refractivity contribution in [2.24, 2.45) is 5.92 Å². The van der Waals surface area contributed by atoms with Gasteiger partial charge >= 0.3 is 5.97 Å². The maximum Gasteiger partial charge on any atom is 0.320 e. The number of hydrogen-bond donors (Lipinski definition) is 3. The summed E-state index contributed by atoms with van der Waals surface area (Å²) in [4.78, 5) is 23.2. The quantitative estimate of drug-likeness (QED) is 0.680. The molecule has 1 aliphatic rings. The van der Waals surface area contributed by atoms with Gasteiger partial charge in [0.1, 0.15) is 6.04 Å². The van der Waals surface area contributed by atoms with Crippen LogP contribution in [0.15, 0.2) is 24.5 Å². The fourth-order valence-electron chi connectivity index (χ4n) is 3.77. The minimum atomic E-state index is -0.834. The summed E-state index contributed by atoms with van der Waals surface area (Å²) in [6.07, 6.45) is 7.41. The molecule has 6 nitrogen and oxygen atoms in total. The number of rotatable bonds is 8. The summed E-state index contributed by atoms with van der Waals surface area (Å²) in [5, 5.41) is 15.7. The number of aromatic nitrogens is 1. The van der Waals surface area contributed by atoms with Crippen LogP contribution in [0, 0.1) is 5.92 Å². The molecule has 1 amide bonds. The number of hydrogen-bond acceptors (Lipinski definition) is 3. The first-order valence-corrected chi connectivity index (χ1v) is 8.84. The van der Waals surface area contributed by atoms with Crippen molar-refractivity contribution in [2.75, 3.05) is 0 Å². The van der Waals surface area contributed by atoms with Crippen LogP contribution in [0.3, 0.4) is 0 Å². The number of carboxylic acids is 1. The third-order valence-electron chi connectivity index (χ3n) is 5.16. The van der Waals surface area contributed by atoms with E-state index in [4.69, 9.17) is 0 Å². The van der Waals surface area contributed by atoms with E-state index in [2.05, 4.69) is 29.0 Å². The fourth-order valence-corrected chi connectivity index (χ4v) is 3.77. The monoisotopic (exact) mass is 335 g/mol. The van der Waals surface area contributed by atoms with E-state index in [1.54, 1.807) is 0 Å². The van der Waals surface area contributed by atoms with Gasteiger partial charge in [-0.05, 0) is 30.9 Å². The van der Waals surface area contributed by atoms with Crippen LogP contribution in [-0.2, 0) is 9.59 Å². The van der Waals surface area contributed by atoms with Gasteiger partial charge in [0.2, 0.25) is 5.91 Å². The molecule has 0 bridgehead atoms. The summed E-state index contributed by atoms with van der Waals surface area (Å²) >= 11 is 0. The molecule has 4 atom stereocenters. The number of aliphatic carboxylic acids is 1. The van der Waals surface area contributed by atoms with E-state index in [0.717, 1.165) is 19.3 Å². The molecule has 134 valence electrons. The predicted octanol–water partition coefficient (Wildman–Crippen LogP) is 2.18. The van der Waals surface area contributed by atoms with Crippen LogP contribution >= 0.6 is 0 Å². The van der Waals surface area contributed by atoms with Crippen LogP contribution in [0.25, 0.3) is 0 Å². The molecule has 0 radical (unpaired) electrons. The number of carboxylic acid groups (broad SMARTS) is 1. The number of amides is 1. The van der Waals surface area contributed by atoms with Gasteiger partial charge in [-0.1, -0.05) is 26.7 Å². The molecule has 0 unspecified atom stereocenters. The Labute approximate surface area is 143 Å². The number of nitrogens with zero attached hydrogens (tertiary/aromatic N) is 1. The molecule has 1 aliphatic heterocycles. The molecule has 1 fully saturated rings. The summed E-state index contributed by atoms with van der Waals surface area (Å²) in [6, 6.07) is 3.15. The van der Waals surface area contributed by atoms with E-state index in [0.29, 0.717) is 12.3 Å². The standard InChI is InChI=1S/C18H29N3O3/c1-4-13(5-2)10-14(19-12(3)22)17-16(21-8-6-7-9-21)11-15(20-17)18(23)24/h6-9,13-17,20H,4-5,10-11H2,1-3H3,(H,19,22)(H,23,24)/t14-,15+,16+,17-/m0/s1. The molecule has 1 aromatic heterocycles. The number of carbonyl (C=O) groups excluding carboxylic acids is 1. The maximum absolute atomic E-state index is 11.7. The molecule has 3 N–H and O–H groups in total. The third-order valence-corrected chi connectivity index (χ3v) is 5.16. The number of nitrogens with one attached hydrogen (secondary N) is 2. The van der Waals surface area contributed by atoms with Crippen LogP contribution in [0.4, 0.5) is 0 Å². The van der Waals surface area contributed by atoms with Gasteiger partial charge in [0.25, 0.3) is 0 Å². The normalized spacial score (nSPS) is 24.9. The molecule has 6 heteroatoms. The molecule has 0 saturated carbocycles. The molecule has 0 aromatic carbocycles. The molecular formula is C18H29N3O3. The van der Waals surface area contributed by atoms with Crippen molar-refractivity contribution in [1.82, 2.24) is 15.2 Å². The topological polar surface area (TPSA) is 83.4 Å². The number of carbonyl (C=O) groups is 2. The zero-order chi connectivity index (χ0) is 17.7. The lowest BCUT2D eigenvalue weighted by Crippen LogP contribution is -2.52. The van der Waals surface area contributed by atoms with Crippen LogP contribution in [0.5, 0.6) is 0 Å². The molecule has 1 saturated heterocycles. The Balaban J connectivity index is 2.25. The van der Waals surface area contributed by atoms with E-state index in [-0.39, 0.29) is 24.0 Å². The van der Waals surface area contributed by atoms with Crippen molar-refractivity contribution in [3.63, 3.8) is 0 Å². The van der Waals surface area contributed by atoms with Gasteiger partial charge in [0.05, 0.1) is 6.04 Å². The first-order valence-electron chi connectivity index (χ1n) is 8.84. The second-order valence-corrected chi connectivity index (χ2v) is 6.74. The molecule has 24 heavy (non-hydrogen) atoms. The average molecular weight is 335 g/mol. The van der Waals surface area contributed by atoms with Crippen molar-refractivity contribution >= 4 is 11.9 Å². The largest absolute Gasteiger partial charge is 0.480 e. The highest BCUT2D eigenvalue weighted by Crippen LogP contribution is 2.31. The van der Waals surface area contributed by atoms with Gasteiger partial charge in [0.15, 0.2) is 0 Å². The van der Waals surface area contributed by atoms with E-state index >= 15 is 0 Å². The third kappa shape index (κ3) is 4.38. The van der Waals surface area contributed by atoms with Crippen molar-refractivity contribution in [3.8, 4) is 0 Å². The highest BCUT2D eigenvalue weighted by molar-refractivity contribution is 5.75. The van der Waals surface area contributed by atoms with Crippen molar-refractivity contribution in [3.05, 3.63) is 24.5 Å². The van der Waals surface area contributed by atoms with Gasteiger partial charge in [-0.25, -0.2) is 0 Å². The minimum absolute atomic E-state index is 0.0207. The van der Waals surface area contributed by atoms with E-state index in [1.165, 1.54) is 6.92 Å². The summed E-state index contributed by atoms with van der Waals surface area (Å²) in [5.74, 6) is -0.394. The highest BCUT2D eigenvalue weighted by atomic mass is 16.4. The van der Waals surface area contributed by atoms with Crippen LogP contribution < -0.4 is 10.6 Å². The van der Waals surface area contributed by atoms with Gasteiger partial charge in [-0.3, -0.25) is 14.9 Å². The summed E-state index contributed by atoms with van der Waals surface area (Å²) in [6.45, 7) is 5.84. The minimum Gasteiger partial charge on any atom is -0.480 e. The second kappa shape index (κ2) is 8.33. The molecular weight excluding hydrogens is 306 g/mol. The molecule has 2 rings (SSSR count). The second-order valence-electron chi connectivity index (χ2n) is 6.74. The zero-order valence-corrected chi connectivity index (χ0v) is 14.7. The van der Waals surface area contributed by atoms with E-state index < -0.39 is 12.0 Å². The lowest BCUT2D eigenvalue weighted by Gasteiger charge is -2.32. The molecule has 0 spiro atoms. The Bertz CT molecular complexity index is 540. The summed E-state index contributed by atoms with van der Waals surface area (Å²) in [7, 11) is 0. The first kappa shape index (κ1) is 18.5. The fraction of sp³-hybridized carbons (Fsp3) is 0.667. The molecule has 0 aliphatic carbocycles. The SMILES string of the molecule is CCC(CC)C[C@H](NC(C)=O)[C@@H]1N[C@@H](C(=O)O)C[C@H]1n1cccc1. The Morgan fingerprint density at radius 1 is 1.29 bits per heavy atom. The van der Waals surface area contributed by atoms with E-state index in [1.807, 2.05) is 24.5 Å². The smallest absolute Gasteiger partial charge is 0.320 e. The Morgan fingerprint density at radius 3 is 2.42 bits per heavy atom. The lowest BCUT2D eigenvalue weighted by molar-refractivity contribution is -0.139. The zero-order valence-electron chi connectivity index (χ0n) is 14.7. The van der Waals surface area contributed by atoms with Crippen LogP contribution in [-0.4, -0.2) is 39.7 Å². The van der Waals surface area contributed by atoms with Gasteiger partial charge in [0, 0.05) is 31.4 Å². The maximum atomic E-state index is 11.7. The van der Waals surface area contributed by atoms with Crippen molar-refractivity contribution in [2.45, 2.75) is 70.6 Å². The van der Waals surface area contributed by atoms with E-state index in [9.17, 15) is 14.7 Å². The van der Waals surface area contributed by atoms with Gasteiger partial charge in [-0.15, -0.1) is 0 Å². The summed E-state index contributed by atoms with van der Waals surface area (Å²) in [5.41, 5.74) is 0.